The fraction of sp³-hybridized carbons (Fsp3) is 0.526. The predicted octanol–water partition coefficient (Wildman–Crippen LogP) is 3.55. The molecule has 0 aromatic heterocycles. The highest BCUT2D eigenvalue weighted by Gasteiger charge is 2.39. The minimum absolute atomic E-state index is 0.0190. The summed E-state index contributed by atoms with van der Waals surface area (Å²) in [5.74, 6) is 0.00803. The number of benzene rings is 1. The monoisotopic (exact) mass is 299 g/mol. The zero-order valence-electron chi connectivity index (χ0n) is 13.3. The van der Waals surface area contributed by atoms with Crippen molar-refractivity contribution in [2.24, 2.45) is 5.92 Å². The van der Waals surface area contributed by atoms with E-state index in [0.29, 0.717) is 0 Å². The standard InChI is InChI=1S/C19H25NO2/c1-15-7-9-16(10-8-15)18(21)22-19(11-13-20-14-12-19)17-5-3-2-4-6-17/h2-7,16,20H,8-14H2,1H3. The molecule has 118 valence electrons. The van der Waals surface area contributed by atoms with E-state index in [1.165, 1.54) is 5.57 Å². The molecule has 1 N–H and O–H groups in total. The van der Waals surface area contributed by atoms with E-state index >= 15 is 0 Å². The summed E-state index contributed by atoms with van der Waals surface area (Å²) in [6.45, 7) is 3.93. The average molecular weight is 299 g/mol. The van der Waals surface area contributed by atoms with Gasteiger partial charge < -0.3 is 10.1 Å². The largest absolute Gasteiger partial charge is 0.454 e. The van der Waals surface area contributed by atoms with Crippen molar-refractivity contribution < 1.29 is 9.53 Å². The molecule has 1 unspecified atom stereocenters. The van der Waals surface area contributed by atoms with E-state index in [0.717, 1.165) is 50.8 Å². The third-order valence-corrected chi connectivity index (χ3v) is 4.98. The molecule has 3 heteroatoms. The Morgan fingerprint density at radius 2 is 1.95 bits per heavy atom. The Morgan fingerprint density at radius 3 is 2.59 bits per heavy atom. The SMILES string of the molecule is CC1=CCC(C(=O)OC2(c3ccccc3)CCNCC2)CC1. The zero-order valence-corrected chi connectivity index (χ0v) is 13.3. The van der Waals surface area contributed by atoms with Gasteiger partial charge in [-0.15, -0.1) is 0 Å². The summed E-state index contributed by atoms with van der Waals surface area (Å²) in [5, 5.41) is 3.37. The van der Waals surface area contributed by atoms with Crippen LogP contribution in [0.3, 0.4) is 0 Å². The van der Waals surface area contributed by atoms with Crippen LogP contribution in [0, 0.1) is 5.92 Å². The smallest absolute Gasteiger partial charge is 0.310 e. The van der Waals surface area contributed by atoms with Gasteiger partial charge in [-0.05, 0) is 44.8 Å². The molecule has 1 heterocycles. The number of carbonyl (C=O) groups excluding carboxylic acids is 1. The highest BCUT2D eigenvalue weighted by atomic mass is 16.6. The van der Waals surface area contributed by atoms with E-state index < -0.39 is 5.60 Å². The topological polar surface area (TPSA) is 38.3 Å². The van der Waals surface area contributed by atoms with Crippen molar-refractivity contribution in [2.75, 3.05) is 13.1 Å². The lowest BCUT2D eigenvalue weighted by Gasteiger charge is -2.38. The van der Waals surface area contributed by atoms with Gasteiger partial charge in [0.1, 0.15) is 5.60 Å². The van der Waals surface area contributed by atoms with Crippen molar-refractivity contribution in [3.63, 3.8) is 0 Å². The van der Waals surface area contributed by atoms with Gasteiger partial charge in [-0.25, -0.2) is 0 Å². The van der Waals surface area contributed by atoms with Crippen LogP contribution in [-0.4, -0.2) is 19.1 Å². The first-order chi connectivity index (χ1) is 10.7. The summed E-state index contributed by atoms with van der Waals surface area (Å²) in [6, 6.07) is 10.2. The van der Waals surface area contributed by atoms with Crippen LogP contribution in [0.2, 0.25) is 0 Å². The maximum absolute atomic E-state index is 12.7. The van der Waals surface area contributed by atoms with Gasteiger partial charge in [0.15, 0.2) is 0 Å². The number of hydrogen-bond donors (Lipinski definition) is 1. The van der Waals surface area contributed by atoms with E-state index in [2.05, 4.69) is 30.4 Å². The fourth-order valence-corrected chi connectivity index (χ4v) is 3.48. The number of nitrogens with one attached hydrogen (secondary N) is 1. The predicted molar refractivity (Wildman–Crippen MR) is 87.4 cm³/mol. The lowest BCUT2D eigenvalue weighted by Crippen LogP contribution is -2.44. The van der Waals surface area contributed by atoms with Crippen LogP contribution in [0.15, 0.2) is 42.0 Å². The highest BCUT2D eigenvalue weighted by molar-refractivity contribution is 5.73. The molecule has 0 saturated carbocycles. The van der Waals surface area contributed by atoms with E-state index in [-0.39, 0.29) is 11.9 Å². The maximum Gasteiger partial charge on any atom is 0.310 e. The molecule has 1 fully saturated rings. The van der Waals surface area contributed by atoms with Crippen LogP contribution >= 0.6 is 0 Å². The second-order valence-corrected chi connectivity index (χ2v) is 6.55. The molecule has 3 nitrogen and oxygen atoms in total. The minimum Gasteiger partial charge on any atom is -0.454 e. The molecular formula is C19H25NO2. The molecule has 1 aliphatic heterocycles. The van der Waals surface area contributed by atoms with Crippen LogP contribution < -0.4 is 5.32 Å². The Morgan fingerprint density at radius 1 is 1.23 bits per heavy atom. The quantitative estimate of drug-likeness (QED) is 0.685. The fourth-order valence-electron chi connectivity index (χ4n) is 3.48. The normalized spacial score (nSPS) is 24.4. The molecule has 1 atom stereocenters. The first kappa shape index (κ1) is 15.3. The summed E-state index contributed by atoms with van der Waals surface area (Å²) < 4.78 is 6.13. The molecule has 1 aliphatic carbocycles. The molecule has 0 bridgehead atoms. The van der Waals surface area contributed by atoms with Crippen LogP contribution in [0.1, 0.15) is 44.6 Å². The number of piperidine rings is 1. The number of ether oxygens (including phenoxy) is 1. The van der Waals surface area contributed by atoms with Gasteiger partial charge in [-0.1, -0.05) is 42.0 Å². The van der Waals surface area contributed by atoms with E-state index in [1.54, 1.807) is 0 Å². The van der Waals surface area contributed by atoms with Crippen LogP contribution in [-0.2, 0) is 15.1 Å². The van der Waals surface area contributed by atoms with Gasteiger partial charge >= 0.3 is 5.97 Å². The van der Waals surface area contributed by atoms with Gasteiger partial charge in [0, 0.05) is 12.8 Å². The Kier molecular flexibility index (Phi) is 4.63. The summed E-state index contributed by atoms with van der Waals surface area (Å²) in [4.78, 5) is 12.7. The molecule has 0 radical (unpaired) electrons. The third kappa shape index (κ3) is 3.25. The van der Waals surface area contributed by atoms with Gasteiger partial charge in [0.2, 0.25) is 0 Å². The Hall–Kier alpha value is -1.61. The summed E-state index contributed by atoms with van der Waals surface area (Å²) >= 11 is 0. The van der Waals surface area contributed by atoms with Crippen molar-refractivity contribution in [3.05, 3.63) is 47.5 Å². The molecular weight excluding hydrogens is 274 g/mol. The number of hydrogen-bond acceptors (Lipinski definition) is 3. The molecule has 22 heavy (non-hydrogen) atoms. The van der Waals surface area contributed by atoms with Crippen molar-refractivity contribution in [3.8, 4) is 0 Å². The van der Waals surface area contributed by atoms with Crippen LogP contribution in [0.5, 0.6) is 0 Å². The van der Waals surface area contributed by atoms with Crippen LogP contribution in [0.4, 0.5) is 0 Å². The number of rotatable bonds is 3. The molecule has 0 spiro atoms. The third-order valence-electron chi connectivity index (χ3n) is 4.98. The average Bonchev–Trinajstić information content (AvgIpc) is 2.57. The number of carbonyl (C=O) groups is 1. The lowest BCUT2D eigenvalue weighted by atomic mass is 9.84. The number of allylic oxidation sites excluding steroid dienone is 2. The van der Waals surface area contributed by atoms with Crippen molar-refractivity contribution in [1.29, 1.82) is 0 Å². The molecule has 1 saturated heterocycles. The van der Waals surface area contributed by atoms with Crippen LogP contribution in [0.25, 0.3) is 0 Å². The first-order valence-electron chi connectivity index (χ1n) is 8.34. The number of esters is 1. The Labute approximate surface area is 132 Å². The summed E-state index contributed by atoms with van der Waals surface area (Å²) in [7, 11) is 0. The Balaban J connectivity index is 1.77. The lowest BCUT2D eigenvalue weighted by molar-refractivity contribution is -0.169. The molecule has 0 amide bonds. The summed E-state index contributed by atoms with van der Waals surface area (Å²) in [6.07, 6.45) is 6.65. The van der Waals surface area contributed by atoms with E-state index in [1.807, 2.05) is 18.2 Å². The first-order valence-corrected chi connectivity index (χ1v) is 8.34. The molecule has 1 aromatic carbocycles. The van der Waals surface area contributed by atoms with Gasteiger partial charge in [-0.3, -0.25) is 4.79 Å². The van der Waals surface area contributed by atoms with Gasteiger partial charge in [0.05, 0.1) is 5.92 Å². The second kappa shape index (κ2) is 6.66. The second-order valence-electron chi connectivity index (χ2n) is 6.55. The van der Waals surface area contributed by atoms with Crippen molar-refractivity contribution in [2.45, 2.75) is 44.6 Å². The minimum atomic E-state index is -0.445. The molecule has 3 rings (SSSR count). The Bertz CT molecular complexity index is 544. The van der Waals surface area contributed by atoms with Crippen molar-refractivity contribution in [1.82, 2.24) is 5.32 Å². The molecule has 2 aliphatic rings. The van der Waals surface area contributed by atoms with Crippen molar-refractivity contribution >= 4 is 5.97 Å². The maximum atomic E-state index is 12.7. The zero-order chi connectivity index (χ0) is 15.4. The summed E-state index contributed by atoms with van der Waals surface area (Å²) in [5.41, 5.74) is 2.08. The highest BCUT2D eigenvalue weighted by Crippen LogP contribution is 2.37. The van der Waals surface area contributed by atoms with Gasteiger partial charge in [-0.2, -0.15) is 0 Å². The van der Waals surface area contributed by atoms with E-state index in [9.17, 15) is 4.79 Å². The van der Waals surface area contributed by atoms with Gasteiger partial charge in [0.25, 0.3) is 0 Å². The van der Waals surface area contributed by atoms with E-state index in [4.69, 9.17) is 4.74 Å². The molecule has 1 aromatic rings.